The molecule has 0 saturated carbocycles. The molecule has 1 atom stereocenters. The number of halogens is 4. The van der Waals surface area contributed by atoms with Gasteiger partial charge in [-0.2, -0.15) is 0 Å². The molecule has 0 saturated heterocycles. The molecule has 0 rings (SSSR count). The van der Waals surface area contributed by atoms with E-state index in [-0.39, 0.29) is 6.42 Å². The molecule has 1 unspecified atom stereocenters. The second kappa shape index (κ2) is 5.51. The number of hydrogen-bond donors (Lipinski definition) is 0. The molecule has 0 fully saturated rings. The Morgan fingerprint density at radius 1 is 1.50 bits per heavy atom. The molecule has 0 N–H and O–H groups in total. The Kier molecular flexibility index (Phi) is 5.87. The van der Waals surface area contributed by atoms with Crippen LogP contribution in [0.4, 0.5) is 0 Å². The van der Waals surface area contributed by atoms with Gasteiger partial charge in [-0.3, -0.25) is 4.79 Å². The SMILES string of the molecule is CCOC(Cl)CC(=O)C(Cl)(Cl)Cl. The molecular weight excluding hydrogens is 246 g/mol. The molecule has 0 aromatic rings. The second-order valence-corrected chi connectivity index (χ2v) is 4.76. The van der Waals surface area contributed by atoms with Gasteiger partial charge < -0.3 is 4.74 Å². The van der Waals surface area contributed by atoms with Crippen molar-refractivity contribution in [3.8, 4) is 0 Å². The Hall–Kier alpha value is 0.790. The van der Waals surface area contributed by atoms with Crippen LogP contribution in [0.15, 0.2) is 0 Å². The number of hydrogen-bond acceptors (Lipinski definition) is 2. The van der Waals surface area contributed by atoms with Gasteiger partial charge in [0.1, 0.15) is 5.56 Å². The molecule has 2 nitrogen and oxygen atoms in total. The van der Waals surface area contributed by atoms with Crippen LogP contribution in [0.5, 0.6) is 0 Å². The third-order valence-electron chi connectivity index (χ3n) is 1.01. The summed E-state index contributed by atoms with van der Waals surface area (Å²) in [6, 6.07) is 0. The maximum atomic E-state index is 11.0. The van der Waals surface area contributed by atoms with E-state index in [0.717, 1.165) is 0 Å². The Morgan fingerprint density at radius 2 is 2.00 bits per heavy atom. The fraction of sp³-hybridized carbons (Fsp3) is 0.833. The first kappa shape index (κ1) is 12.8. The zero-order valence-corrected chi connectivity index (χ0v) is 9.34. The third kappa shape index (κ3) is 5.44. The molecule has 0 aliphatic carbocycles. The highest BCUT2D eigenvalue weighted by molar-refractivity contribution is 6.76. The first-order chi connectivity index (χ1) is 5.38. The van der Waals surface area contributed by atoms with E-state index < -0.39 is 15.1 Å². The maximum absolute atomic E-state index is 11.0. The molecule has 6 heteroatoms. The standard InChI is InChI=1S/C6H8Cl4O2/c1-2-12-5(7)3-4(11)6(8,9)10/h5H,2-3H2,1H3. The Labute approximate surface area is 91.1 Å². The average molecular weight is 254 g/mol. The van der Waals surface area contributed by atoms with Gasteiger partial charge in [0.25, 0.3) is 0 Å². The molecule has 12 heavy (non-hydrogen) atoms. The number of carbonyl (C=O) groups excluding carboxylic acids is 1. The van der Waals surface area contributed by atoms with E-state index in [1.165, 1.54) is 0 Å². The predicted molar refractivity (Wildman–Crippen MR) is 51.2 cm³/mol. The molecule has 0 aromatic carbocycles. The molecule has 0 bridgehead atoms. The highest BCUT2D eigenvalue weighted by Crippen LogP contribution is 2.29. The Bertz CT molecular complexity index is 154. The summed E-state index contributed by atoms with van der Waals surface area (Å²) < 4.78 is 2.98. The van der Waals surface area contributed by atoms with Crippen LogP contribution in [0.1, 0.15) is 13.3 Å². The number of carbonyl (C=O) groups is 1. The van der Waals surface area contributed by atoms with Crippen LogP contribution >= 0.6 is 46.4 Å². The number of rotatable bonds is 4. The normalized spacial score (nSPS) is 14.4. The molecule has 0 aliphatic heterocycles. The van der Waals surface area contributed by atoms with E-state index in [1.54, 1.807) is 6.92 Å². The van der Waals surface area contributed by atoms with E-state index in [2.05, 4.69) is 0 Å². The lowest BCUT2D eigenvalue weighted by atomic mass is 10.3. The lowest BCUT2D eigenvalue weighted by Crippen LogP contribution is -2.23. The van der Waals surface area contributed by atoms with Gasteiger partial charge in [-0.25, -0.2) is 0 Å². The molecule has 0 aliphatic rings. The van der Waals surface area contributed by atoms with Gasteiger partial charge in [0, 0.05) is 6.61 Å². The summed E-state index contributed by atoms with van der Waals surface area (Å²) in [5.74, 6) is -0.569. The molecule has 0 amide bonds. The fourth-order valence-electron chi connectivity index (χ4n) is 0.501. The van der Waals surface area contributed by atoms with Crippen molar-refractivity contribution in [2.75, 3.05) is 6.61 Å². The molecule has 0 heterocycles. The van der Waals surface area contributed by atoms with Crippen LogP contribution < -0.4 is 0 Å². The van der Waals surface area contributed by atoms with Crippen LogP contribution in [0, 0.1) is 0 Å². The molecule has 0 radical (unpaired) electrons. The highest BCUT2D eigenvalue weighted by atomic mass is 35.6. The van der Waals surface area contributed by atoms with Crippen LogP contribution in [-0.4, -0.2) is 21.7 Å². The van der Waals surface area contributed by atoms with Gasteiger partial charge >= 0.3 is 0 Å². The summed E-state index contributed by atoms with van der Waals surface area (Å²) >= 11 is 21.4. The van der Waals surface area contributed by atoms with Crippen LogP contribution in [-0.2, 0) is 9.53 Å². The maximum Gasteiger partial charge on any atom is 0.248 e. The largest absolute Gasteiger partial charge is 0.362 e. The predicted octanol–water partition coefficient (Wildman–Crippen LogP) is 2.92. The topological polar surface area (TPSA) is 26.3 Å². The van der Waals surface area contributed by atoms with Gasteiger partial charge in [0.2, 0.25) is 3.79 Å². The number of ketones is 1. The van der Waals surface area contributed by atoms with E-state index in [0.29, 0.717) is 6.61 Å². The van der Waals surface area contributed by atoms with Gasteiger partial charge in [0.05, 0.1) is 6.42 Å². The van der Waals surface area contributed by atoms with Crippen molar-refractivity contribution in [2.45, 2.75) is 22.7 Å². The summed E-state index contributed by atoms with van der Waals surface area (Å²) in [7, 11) is 0. The van der Waals surface area contributed by atoms with Crippen molar-refractivity contribution in [3.05, 3.63) is 0 Å². The minimum atomic E-state index is -1.90. The first-order valence-corrected chi connectivity index (χ1v) is 4.80. The summed E-state index contributed by atoms with van der Waals surface area (Å²) in [6.45, 7) is 2.18. The van der Waals surface area contributed by atoms with E-state index in [1.807, 2.05) is 0 Å². The summed E-state index contributed by atoms with van der Waals surface area (Å²) in [6.07, 6.45) is -0.105. The van der Waals surface area contributed by atoms with E-state index in [9.17, 15) is 4.79 Å². The van der Waals surface area contributed by atoms with Crippen LogP contribution in [0.3, 0.4) is 0 Å². The van der Waals surface area contributed by atoms with Gasteiger partial charge in [0.15, 0.2) is 5.78 Å². The quantitative estimate of drug-likeness (QED) is 0.721. The van der Waals surface area contributed by atoms with Crippen molar-refractivity contribution in [3.63, 3.8) is 0 Å². The zero-order valence-electron chi connectivity index (χ0n) is 6.32. The number of alkyl halides is 4. The van der Waals surface area contributed by atoms with E-state index in [4.69, 9.17) is 51.1 Å². The lowest BCUT2D eigenvalue weighted by molar-refractivity contribution is -0.119. The monoisotopic (exact) mass is 252 g/mol. The van der Waals surface area contributed by atoms with Crippen molar-refractivity contribution in [1.29, 1.82) is 0 Å². The fourth-order valence-corrected chi connectivity index (χ4v) is 0.999. The average Bonchev–Trinajstić information content (AvgIpc) is 1.85. The smallest absolute Gasteiger partial charge is 0.248 e. The van der Waals surface area contributed by atoms with Gasteiger partial charge in [-0.05, 0) is 6.92 Å². The minimum Gasteiger partial charge on any atom is -0.362 e. The summed E-state index contributed by atoms with van der Waals surface area (Å²) in [5, 5.41) is 0. The Balaban J connectivity index is 3.85. The number of ether oxygens (including phenoxy) is 1. The van der Waals surface area contributed by atoms with Crippen molar-refractivity contribution in [2.24, 2.45) is 0 Å². The molecular formula is C6H8Cl4O2. The lowest BCUT2D eigenvalue weighted by Gasteiger charge is -2.12. The molecule has 0 aromatic heterocycles. The highest BCUT2D eigenvalue weighted by Gasteiger charge is 2.31. The Morgan fingerprint density at radius 3 is 2.33 bits per heavy atom. The first-order valence-electron chi connectivity index (χ1n) is 3.23. The van der Waals surface area contributed by atoms with E-state index >= 15 is 0 Å². The third-order valence-corrected chi connectivity index (χ3v) is 1.92. The summed E-state index contributed by atoms with van der Waals surface area (Å²) in [4.78, 5) is 11.0. The van der Waals surface area contributed by atoms with Crippen molar-refractivity contribution < 1.29 is 9.53 Å². The summed E-state index contributed by atoms with van der Waals surface area (Å²) in [5.41, 5.74) is -0.724. The molecule has 72 valence electrons. The molecule has 0 spiro atoms. The second-order valence-electron chi connectivity index (χ2n) is 1.99. The van der Waals surface area contributed by atoms with Gasteiger partial charge in [-0.1, -0.05) is 46.4 Å². The van der Waals surface area contributed by atoms with Crippen LogP contribution in [0.25, 0.3) is 0 Å². The van der Waals surface area contributed by atoms with Gasteiger partial charge in [-0.15, -0.1) is 0 Å². The zero-order chi connectivity index (χ0) is 9.78. The number of Topliss-reactive ketones (excluding diaryl/α,β-unsaturated/α-hetero) is 1. The van der Waals surface area contributed by atoms with Crippen molar-refractivity contribution in [1.82, 2.24) is 0 Å². The van der Waals surface area contributed by atoms with Crippen molar-refractivity contribution >= 4 is 52.2 Å². The van der Waals surface area contributed by atoms with Crippen LogP contribution in [0.2, 0.25) is 0 Å². The minimum absolute atomic E-state index is 0.105.